The molecular weight excluding hydrogens is 450 g/mol. The van der Waals surface area contributed by atoms with Gasteiger partial charge in [0, 0.05) is 5.69 Å². The van der Waals surface area contributed by atoms with Crippen LogP contribution in [0.2, 0.25) is 0 Å². The molecule has 0 atom stereocenters. The molecule has 0 bridgehead atoms. The van der Waals surface area contributed by atoms with Crippen molar-refractivity contribution in [3.8, 4) is 5.75 Å². The Labute approximate surface area is 182 Å². The molecule has 0 aliphatic heterocycles. The lowest BCUT2D eigenvalue weighted by Crippen LogP contribution is -2.18. The number of benzene rings is 2. The van der Waals surface area contributed by atoms with Crippen molar-refractivity contribution in [1.82, 2.24) is 5.43 Å². The van der Waals surface area contributed by atoms with Gasteiger partial charge in [0.2, 0.25) is 5.91 Å². The summed E-state index contributed by atoms with van der Waals surface area (Å²) in [4.78, 5) is 24.2. The fourth-order valence-electron chi connectivity index (χ4n) is 2.62. The highest BCUT2D eigenvalue weighted by Crippen LogP contribution is 2.15. The molecule has 1 heterocycles. The molecule has 0 aliphatic carbocycles. The average Bonchev–Trinajstić information content (AvgIpc) is 3.19. The monoisotopic (exact) mass is 469 g/mol. The molecule has 0 radical (unpaired) electrons. The van der Waals surface area contributed by atoms with Crippen molar-refractivity contribution in [3.05, 3.63) is 82.2 Å². The number of anilines is 1. The molecule has 1 aromatic heterocycles. The smallest absolute Gasteiger partial charge is 0.307 e. The number of amides is 2. The molecule has 154 valence electrons. The van der Waals surface area contributed by atoms with E-state index in [-0.39, 0.29) is 18.1 Å². The van der Waals surface area contributed by atoms with E-state index >= 15 is 0 Å². The predicted molar refractivity (Wildman–Crippen MR) is 118 cm³/mol. The van der Waals surface area contributed by atoms with E-state index < -0.39 is 5.91 Å². The predicted octanol–water partition coefficient (Wildman–Crippen LogP) is 4.39. The third kappa shape index (κ3) is 5.81. The molecule has 0 aliphatic rings. The third-order valence-corrected chi connectivity index (χ3v) is 4.66. The average molecular weight is 470 g/mol. The highest BCUT2D eigenvalue weighted by molar-refractivity contribution is 9.10. The molecule has 0 saturated heterocycles. The topological polar surface area (TPSA) is 92.9 Å². The van der Waals surface area contributed by atoms with Crippen LogP contribution >= 0.6 is 15.9 Å². The molecule has 0 unspecified atom stereocenters. The number of nitrogens with zero attached hydrogens (tertiary/aromatic N) is 1. The van der Waals surface area contributed by atoms with Crippen LogP contribution in [0.4, 0.5) is 5.69 Å². The van der Waals surface area contributed by atoms with Gasteiger partial charge in [-0.2, -0.15) is 5.10 Å². The zero-order valence-electron chi connectivity index (χ0n) is 16.4. The van der Waals surface area contributed by atoms with Crippen LogP contribution in [0.15, 0.2) is 74.9 Å². The number of hydrazone groups is 1. The summed E-state index contributed by atoms with van der Waals surface area (Å²) in [7, 11) is 1.60. The number of nitrogens with one attached hydrogen (secondary N) is 2. The van der Waals surface area contributed by atoms with Gasteiger partial charge < -0.3 is 14.5 Å². The van der Waals surface area contributed by atoms with Gasteiger partial charge in [0.15, 0.2) is 10.4 Å². The Bertz CT molecular complexity index is 1060. The lowest BCUT2D eigenvalue weighted by Gasteiger charge is -2.07. The van der Waals surface area contributed by atoms with E-state index in [0.29, 0.717) is 16.1 Å². The van der Waals surface area contributed by atoms with Gasteiger partial charge in [0.25, 0.3) is 0 Å². The summed E-state index contributed by atoms with van der Waals surface area (Å²) in [6, 6.07) is 17.7. The summed E-state index contributed by atoms with van der Waals surface area (Å²) in [5.74, 6) is 0.353. The van der Waals surface area contributed by atoms with Crippen LogP contribution in [0.25, 0.3) is 0 Å². The molecule has 2 amide bonds. The Hall–Kier alpha value is -3.39. The molecule has 30 heavy (non-hydrogen) atoms. The summed E-state index contributed by atoms with van der Waals surface area (Å²) >= 11 is 3.15. The number of carbonyl (C=O) groups excluding carboxylic acids is 2. The van der Waals surface area contributed by atoms with Crippen LogP contribution in [0, 0.1) is 0 Å². The summed E-state index contributed by atoms with van der Waals surface area (Å²) in [5, 5.41) is 6.95. The van der Waals surface area contributed by atoms with Crippen molar-refractivity contribution in [2.24, 2.45) is 5.10 Å². The molecule has 8 heteroatoms. The first-order valence-electron chi connectivity index (χ1n) is 9.08. The van der Waals surface area contributed by atoms with E-state index in [2.05, 4.69) is 31.8 Å². The SMILES string of the molecule is COc1ccc(CC(=O)Nc2ccc(/C(C)=N\NC(=O)c3ccc(Br)o3)cc2)cc1. The lowest BCUT2D eigenvalue weighted by atomic mass is 10.1. The van der Waals surface area contributed by atoms with Gasteiger partial charge in [-0.1, -0.05) is 24.3 Å². The van der Waals surface area contributed by atoms with Crippen molar-refractivity contribution in [2.45, 2.75) is 13.3 Å². The minimum absolute atomic E-state index is 0.116. The minimum atomic E-state index is -0.442. The fraction of sp³-hybridized carbons (Fsp3) is 0.136. The summed E-state index contributed by atoms with van der Waals surface area (Å²) in [5.41, 5.74) is 5.44. The maximum atomic E-state index is 12.2. The number of ether oxygens (including phenoxy) is 1. The number of rotatable bonds is 7. The van der Waals surface area contributed by atoms with Gasteiger partial charge in [-0.05, 0) is 70.4 Å². The molecular formula is C22H20BrN3O4. The molecule has 2 N–H and O–H groups in total. The van der Waals surface area contributed by atoms with E-state index in [4.69, 9.17) is 9.15 Å². The van der Waals surface area contributed by atoms with Crippen molar-refractivity contribution >= 4 is 39.1 Å². The summed E-state index contributed by atoms with van der Waals surface area (Å²) < 4.78 is 10.8. The molecule has 0 saturated carbocycles. The first-order chi connectivity index (χ1) is 14.4. The molecule has 0 fully saturated rings. The van der Waals surface area contributed by atoms with Crippen LogP contribution < -0.4 is 15.5 Å². The standard InChI is InChI=1S/C22H20BrN3O4/c1-14(25-26-22(28)19-11-12-20(23)30-19)16-5-7-17(8-6-16)24-21(27)13-15-3-9-18(29-2)10-4-15/h3-12H,13H2,1-2H3,(H,24,27)(H,26,28)/b25-14-. The number of carbonyl (C=O) groups is 2. The second kappa shape index (κ2) is 9.89. The first kappa shape index (κ1) is 21.3. The minimum Gasteiger partial charge on any atom is -0.497 e. The quantitative estimate of drug-likeness (QED) is 0.396. The first-order valence-corrected chi connectivity index (χ1v) is 9.87. The van der Waals surface area contributed by atoms with Gasteiger partial charge in [-0.15, -0.1) is 0 Å². The zero-order chi connectivity index (χ0) is 21.5. The second-order valence-corrected chi connectivity index (χ2v) is 7.17. The Morgan fingerprint density at radius 1 is 1.03 bits per heavy atom. The van der Waals surface area contributed by atoms with Crippen LogP contribution in [0.1, 0.15) is 28.6 Å². The maximum absolute atomic E-state index is 12.2. The maximum Gasteiger partial charge on any atom is 0.307 e. The summed E-state index contributed by atoms with van der Waals surface area (Å²) in [6.07, 6.45) is 0.265. The van der Waals surface area contributed by atoms with E-state index in [9.17, 15) is 9.59 Å². The zero-order valence-corrected chi connectivity index (χ0v) is 18.0. The van der Waals surface area contributed by atoms with Crippen LogP contribution in [0.5, 0.6) is 5.75 Å². The fourth-order valence-corrected chi connectivity index (χ4v) is 2.93. The van der Waals surface area contributed by atoms with Gasteiger partial charge in [0.1, 0.15) is 5.75 Å². The normalized spacial score (nSPS) is 11.1. The van der Waals surface area contributed by atoms with Crippen LogP contribution in [-0.4, -0.2) is 24.6 Å². The van der Waals surface area contributed by atoms with E-state index in [1.54, 1.807) is 38.3 Å². The van der Waals surface area contributed by atoms with E-state index in [1.807, 2.05) is 36.4 Å². The molecule has 2 aromatic carbocycles. The van der Waals surface area contributed by atoms with Gasteiger partial charge >= 0.3 is 5.91 Å². The number of halogens is 1. The van der Waals surface area contributed by atoms with Crippen LogP contribution in [0.3, 0.4) is 0 Å². The largest absolute Gasteiger partial charge is 0.497 e. The molecule has 0 spiro atoms. The Balaban J connectivity index is 1.55. The van der Waals surface area contributed by atoms with Gasteiger partial charge in [-0.3, -0.25) is 9.59 Å². The second-order valence-electron chi connectivity index (χ2n) is 6.39. The summed E-state index contributed by atoms with van der Waals surface area (Å²) in [6.45, 7) is 1.77. The Kier molecular flexibility index (Phi) is 7.03. The number of hydrogen-bond donors (Lipinski definition) is 2. The Morgan fingerprint density at radius 2 is 1.73 bits per heavy atom. The molecule has 3 aromatic rings. The third-order valence-electron chi connectivity index (χ3n) is 4.23. The molecule has 7 nitrogen and oxygen atoms in total. The van der Waals surface area contributed by atoms with Gasteiger partial charge in [-0.25, -0.2) is 5.43 Å². The van der Waals surface area contributed by atoms with Crippen molar-refractivity contribution < 1.29 is 18.7 Å². The Morgan fingerprint density at radius 3 is 2.33 bits per heavy atom. The number of hydrogen-bond acceptors (Lipinski definition) is 5. The number of furan rings is 1. The number of methoxy groups -OCH3 is 1. The van der Waals surface area contributed by atoms with Gasteiger partial charge in [0.05, 0.1) is 19.2 Å². The molecule has 3 rings (SSSR count). The van der Waals surface area contributed by atoms with Crippen LogP contribution in [-0.2, 0) is 11.2 Å². The van der Waals surface area contributed by atoms with Crippen molar-refractivity contribution in [3.63, 3.8) is 0 Å². The lowest BCUT2D eigenvalue weighted by molar-refractivity contribution is -0.115. The van der Waals surface area contributed by atoms with E-state index in [1.165, 1.54) is 0 Å². The van der Waals surface area contributed by atoms with E-state index in [0.717, 1.165) is 16.9 Å². The highest BCUT2D eigenvalue weighted by Gasteiger charge is 2.10. The van der Waals surface area contributed by atoms with Crippen molar-refractivity contribution in [1.29, 1.82) is 0 Å². The van der Waals surface area contributed by atoms with Crippen molar-refractivity contribution in [2.75, 3.05) is 12.4 Å². The highest BCUT2D eigenvalue weighted by atomic mass is 79.9.